The Bertz CT molecular complexity index is 728. The molecule has 0 aliphatic carbocycles. The zero-order valence-electron chi connectivity index (χ0n) is 14.9. The molecule has 2 aliphatic rings. The van der Waals surface area contributed by atoms with Gasteiger partial charge in [-0.1, -0.05) is 6.07 Å². The van der Waals surface area contributed by atoms with Crippen molar-refractivity contribution in [1.29, 1.82) is 5.26 Å². The van der Waals surface area contributed by atoms with Crippen molar-refractivity contribution in [3.8, 4) is 6.07 Å². The van der Waals surface area contributed by atoms with Crippen molar-refractivity contribution >= 4 is 17.6 Å². The van der Waals surface area contributed by atoms with Gasteiger partial charge in [-0.15, -0.1) is 0 Å². The van der Waals surface area contributed by atoms with Gasteiger partial charge in [-0.05, 0) is 25.0 Å². The maximum atomic E-state index is 12.4. The van der Waals surface area contributed by atoms with Crippen LogP contribution in [-0.4, -0.2) is 66.6 Å². The second-order valence-corrected chi connectivity index (χ2v) is 6.77. The summed E-state index contributed by atoms with van der Waals surface area (Å²) in [6.45, 7) is 4.38. The van der Waals surface area contributed by atoms with E-state index in [9.17, 15) is 9.59 Å². The minimum Gasteiger partial charge on any atom is -0.369 e. The zero-order chi connectivity index (χ0) is 18.6. The lowest BCUT2D eigenvalue weighted by molar-refractivity contribution is -0.151. The van der Waals surface area contributed by atoms with Gasteiger partial charge in [-0.25, -0.2) is 4.98 Å². The summed E-state index contributed by atoms with van der Waals surface area (Å²) in [6.07, 6.45) is 1.79. The minimum absolute atomic E-state index is 0.0148. The van der Waals surface area contributed by atoms with E-state index in [-0.39, 0.29) is 18.4 Å². The van der Waals surface area contributed by atoms with E-state index < -0.39 is 5.60 Å². The Morgan fingerprint density at radius 1 is 1.38 bits per heavy atom. The van der Waals surface area contributed by atoms with Crippen molar-refractivity contribution in [2.45, 2.75) is 25.4 Å². The summed E-state index contributed by atoms with van der Waals surface area (Å²) in [6, 6.07) is 7.47. The highest BCUT2D eigenvalue weighted by atomic mass is 16.5. The van der Waals surface area contributed by atoms with E-state index in [1.807, 2.05) is 12.1 Å². The van der Waals surface area contributed by atoms with Crippen LogP contribution in [0.2, 0.25) is 0 Å². The number of carbonyl (C=O) groups excluding carboxylic acids is 2. The largest absolute Gasteiger partial charge is 0.369 e. The van der Waals surface area contributed by atoms with Crippen LogP contribution in [0.1, 0.15) is 25.5 Å². The van der Waals surface area contributed by atoms with E-state index in [1.54, 1.807) is 11.0 Å². The van der Waals surface area contributed by atoms with Gasteiger partial charge in [0.15, 0.2) is 0 Å². The standard InChI is InChI=1S/C18H23N5O3/c1-14(24)20-11-17(25)23-8-9-26-18(13-23)6-3-7-22(12-18)16-5-2-4-15(10-19)21-16/h2,4-5H,3,6-9,11-13H2,1H3,(H,20,24)/t18-/m0/s1. The highest BCUT2D eigenvalue weighted by molar-refractivity contribution is 5.83. The highest BCUT2D eigenvalue weighted by Crippen LogP contribution is 2.31. The van der Waals surface area contributed by atoms with E-state index in [4.69, 9.17) is 10.00 Å². The van der Waals surface area contributed by atoms with Crippen LogP contribution in [0, 0.1) is 11.3 Å². The fraction of sp³-hybridized carbons (Fsp3) is 0.556. The first-order valence-corrected chi connectivity index (χ1v) is 8.80. The number of carbonyl (C=O) groups is 2. The van der Waals surface area contributed by atoms with Crippen molar-refractivity contribution in [2.24, 2.45) is 0 Å². The van der Waals surface area contributed by atoms with Gasteiger partial charge in [0.1, 0.15) is 23.2 Å². The Morgan fingerprint density at radius 2 is 2.23 bits per heavy atom. The Morgan fingerprint density at radius 3 is 3.00 bits per heavy atom. The smallest absolute Gasteiger partial charge is 0.242 e. The molecule has 8 nitrogen and oxygen atoms in total. The number of nitrogens with zero attached hydrogens (tertiary/aromatic N) is 4. The molecule has 138 valence electrons. The molecule has 2 fully saturated rings. The molecule has 1 N–H and O–H groups in total. The van der Waals surface area contributed by atoms with Crippen LogP contribution < -0.4 is 10.2 Å². The predicted molar refractivity (Wildman–Crippen MR) is 94.3 cm³/mol. The lowest BCUT2D eigenvalue weighted by atomic mass is 9.90. The molecule has 2 aliphatic heterocycles. The monoisotopic (exact) mass is 357 g/mol. The molecule has 0 unspecified atom stereocenters. The maximum Gasteiger partial charge on any atom is 0.242 e. The van der Waals surface area contributed by atoms with Crippen LogP contribution in [0.5, 0.6) is 0 Å². The number of morpholine rings is 1. The number of anilines is 1. The number of rotatable bonds is 3. The highest BCUT2D eigenvalue weighted by Gasteiger charge is 2.42. The van der Waals surface area contributed by atoms with E-state index in [1.165, 1.54) is 6.92 Å². The summed E-state index contributed by atoms with van der Waals surface area (Å²) in [4.78, 5) is 31.7. The van der Waals surface area contributed by atoms with Gasteiger partial charge in [0.2, 0.25) is 11.8 Å². The second kappa shape index (κ2) is 7.70. The first-order chi connectivity index (χ1) is 12.5. The SMILES string of the molecule is CC(=O)NCC(=O)N1CCO[C@]2(CCCN(c3cccc(C#N)n3)C2)C1. The third-order valence-electron chi connectivity index (χ3n) is 4.80. The van der Waals surface area contributed by atoms with Crippen LogP contribution in [0.25, 0.3) is 0 Å². The molecule has 1 aromatic rings. The number of piperidine rings is 1. The number of hydrogen-bond acceptors (Lipinski definition) is 6. The minimum atomic E-state index is -0.438. The summed E-state index contributed by atoms with van der Waals surface area (Å²) in [5.74, 6) is 0.451. The van der Waals surface area contributed by atoms with Crippen molar-refractivity contribution in [1.82, 2.24) is 15.2 Å². The van der Waals surface area contributed by atoms with E-state index in [0.717, 1.165) is 25.2 Å². The number of aromatic nitrogens is 1. The number of ether oxygens (including phenoxy) is 1. The molecular formula is C18H23N5O3. The normalized spacial score (nSPS) is 22.8. The topological polar surface area (TPSA) is 98.6 Å². The molecule has 2 amide bonds. The summed E-state index contributed by atoms with van der Waals surface area (Å²) in [7, 11) is 0. The van der Waals surface area contributed by atoms with Gasteiger partial charge in [0.05, 0.1) is 26.2 Å². The fourth-order valence-corrected chi connectivity index (χ4v) is 3.57. The molecule has 26 heavy (non-hydrogen) atoms. The summed E-state index contributed by atoms with van der Waals surface area (Å²) >= 11 is 0. The maximum absolute atomic E-state index is 12.4. The molecule has 1 atom stereocenters. The quantitative estimate of drug-likeness (QED) is 0.835. The van der Waals surface area contributed by atoms with E-state index in [2.05, 4.69) is 21.3 Å². The Hall–Kier alpha value is -2.66. The van der Waals surface area contributed by atoms with Gasteiger partial charge < -0.3 is 19.9 Å². The molecule has 8 heteroatoms. The predicted octanol–water partition coefficient (Wildman–Crippen LogP) is 0.287. The lowest BCUT2D eigenvalue weighted by Crippen LogP contribution is -2.61. The van der Waals surface area contributed by atoms with Crippen molar-refractivity contribution in [2.75, 3.05) is 44.2 Å². The molecule has 2 saturated heterocycles. The van der Waals surface area contributed by atoms with Gasteiger partial charge in [0.25, 0.3) is 0 Å². The molecule has 0 radical (unpaired) electrons. The molecular weight excluding hydrogens is 334 g/mol. The zero-order valence-corrected chi connectivity index (χ0v) is 14.9. The Kier molecular flexibility index (Phi) is 5.38. The average Bonchev–Trinajstić information content (AvgIpc) is 2.66. The first-order valence-electron chi connectivity index (χ1n) is 8.80. The van der Waals surface area contributed by atoms with E-state index >= 15 is 0 Å². The summed E-state index contributed by atoms with van der Waals surface area (Å²) in [5, 5.41) is 11.6. The lowest BCUT2D eigenvalue weighted by Gasteiger charge is -2.48. The summed E-state index contributed by atoms with van der Waals surface area (Å²) < 4.78 is 6.11. The third kappa shape index (κ3) is 4.11. The summed E-state index contributed by atoms with van der Waals surface area (Å²) in [5.41, 5.74) is -0.0500. The molecule has 0 aromatic carbocycles. The van der Waals surface area contributed by atoms with Gasteiger partial charge >= 0.3 is 0 Å². The number of nitriles is 1. The first kappa shape index (κ1) is 18.1. The molecule has 3 heterocycles. The Labute approximate surface area is 152 Å². The molecule has 3 rings (SSSR count). The molecule has 0 bridgehead atoms. The Balaban J connectivity index is 1.69. The van der Waals surface area contributed by atoms with Crippen LogP contribution in [0.15, 0.2) is 18.2 Å². The molecule has 1 spiro atoms. The van der Waals surface area contributed by atoms with Crippen LogP contribution in [-0.2, 0) is 14.3 Å². The molecule has 1 aromatic heterocycles. The number of hydrogen-bond donors (Lipinski definition) is 1. The van der Waals surface area contributed by atoms with Gasteiger partial charge in [-0.2, -0.15) is 5.26 Å². The van der Waals surface area contributed by atoms with Crippen LogP contribution in [0.4, 0.5) is 5.82 Å². The van der Waals surface area contributed by atoms with Gasteiger partial charge in [-0.3, -0.25) is 9.59 Å². The fourth-order valence-electron chi connectivity index (χ4n) is 3.57. The van der Waals surface area contributed by atoms with Gasteiger partial charge in [0, 0.05) is 20.0 Å². The molecule has 0 saturated carbocycles. The van der Waals surface area contributed by atoms with Crippen LogP contribution in [0.3, 0.4) is 0 Å². The van der Waals surface area contributed by atoms with Crippen LogP contribution >= 0.6 is 0 Å². The second-order valence-electron chi connectivity index (χ2n) is 6.77. The number of pyridine rings is 1. The van der Waals surface area contributed by atoms with Crippen molar-refractivity contribution < 1.29 is 14.3 Å². The number of amides is 2. The van der Waals surface area contributed by atoms with E-state index in [0.29, 0.717) is 31.9 Å². The third-order valence-corrected chi connectivity index (χ3v) is 4.80. The number of nitrogens with one attached hydrogen (secondary N) is 1. The van der Waals surface area contributed by atoms with Crippen molar-refractivity contribution in [3.05, 3.63) is 23.9 Å². The van der Waals surface area contributed by atoms with Crippen molar-refractivity contribution in [3.63, 3.8) is 0 Å². The average molecular weight is 357 g/mol.